The minimum absolute atomic E-state index is 0.274. The van der Waals surface area contributed by atoms with Crippen LogP contribution in [-0.4, -0.2) is 11.5 Å². The maximum atomic E-state index is 12.0. The summed E-state index contributed by atoms with van der Waals surface area (Å²) in [4.78, 5) is 15.3. The lowest BCUT2D eigenvalue weighted by Gasteiger charge is -2.12. The molecular weight excluding hydrogens is 348 g/mol. The van der Waals surface area contributed by atoms with E-state index in [1.54, 1.807) is 6.07 Å². The number of nitrogens with one attached hydrogen (secondary N) is 1. The van der Waals surface area contributed by atoms with E-state index in [1.807, 2.05) is 12.1 Å². The lowest BCUT2D eigenvalue weighted by atomic mass is 9.95. The maximum Gasteiger partial charge on any atom is 0.336 e. The highest BCUT2D eigenvalue weighted by atomic mass is 16.4. The topological polar surface area (TPSA) is 62.6 Å². The molecule has 0 spiro atoms. The molecule has 4 aromatic rings. The van der Waals surface area contributed by atoms with Crippen LogP contribution in [0.2, 0.25) is 0 Å². The highest BCUT2D eigenvalue weighted by molar-refractivity contribution is 5.83. The molecule has 0 aliphatic heterocycles. The summed E-state index contributed by atoms with van der Waals surface area (Å²) >= 11 is 0. The molecule has 0 unspecified atom stereocenters. The number of H-pyrrole nitrogens is 1. The summed E-state index contributed by atoms with van der Waals surface area (Å²) in [6.07, 6.45) is 3.09. The smallest absolute Gasteiger partial charge is 0.336 e. The number of hydrogen-bond acceptors (Lipinski definition) is 2. The molecule has 0 saturated carbocycles. The standard InChI is InChI=1S/C24H26N2O2/c1-15(2)20-12-21-18(11-24(27)28-23(21)10-16(20)3)13-25-9-8-17-14-26-22-7-5-4-6-19(17)22/h4-7,10-12,14-15,25-26H,8-9,13H2,1-3H3/p+1. The van der Waals surface area contributed by atoms with Crippen LogP contribution < -0.4 is 10.9 Å². The van der Waals surface area contributed by atoms with Gasteiger partial charge < -0.3 is 14.7 Å². The fraction of sp³-hybridized carbons (Fsp3) is 0.292. The van der Waals surface area contributed by atoms with Crippen LogP contribution in [0.5, 0.6) is 0 Å². The number of para-hydroxylation sites is 1. The first-order valence-corrected chi connectivity index (χ1v) is 9.97. The molecule has 28 heavy (non-hydrogen) atoms. The van der Waals surface area contributed by atoms with Crippen molar-refractivity contribution in [3.8, 4) is 0 Å². The normalized spacial score (nSPS) is 11.7. The molecule has 2 heterocycles. The molecule has 3 N–H and O–H groups in total. The highest BCUT2D eigenvalue weighted by Crippen LogP contribution is 2.26. The number of nitrogens with two attached hydrogens (primary N) is 1. The van der Waals surface area contributed by atoms with Gasteiger partial charge in [0.25, 0.3) is 0 Å². The second kappa shape index (κ2) is 7.64. The minimum Gasteiger partial charge on any atom is -0.423 e. The van der Waals surface area contributed by atoms with E-state index in [0.29, 0.717) is 11.5 Å². The second-order valence-corrected chi connectivity index (χ2v) is 7.84. The summed E-state index contributed by atoms with van der Waals surface area (Å²) in [6.45, 7) is 8.20. The van der Waals surface area contributed by atoms with Gasteiger partial charge in [0.05, 0.1) is 6.54 Å². The molecule has 0 atom stereocenters. The van der Waals surface area contributed by atoms with Crippen molar-refractivity contribution in [2.24, 2.45) is 0 Å². The van der Waals surface area contributed by atoms with E-state index in [9.17, 15) is 4.79 Å². The van der Waals surface area contributed by atoms with E-state index in [1.165, 1.54) is 27.6 Å². The third-order valence-electron chi connectivity index (χ3n) is 5.50. The van der Waals surface area contributed by atoms with E-state index in [2.05, 4.69) is 61.5 Å². The number of benzene rings is 2. The van der Waals surface area contributed by atoms with Crippen molar-refractivity contribution in [3.05, 3.63) is 81.3 Å². The fourth-order valence-corrected chi connectivity index (χ4v) is 4.04. The van der Waals surface area contributed by atoms with Crippen molar-refractivity contribution >= 4 is 21.9 Å². The molecule has 0 saturated heterocycles. The second-order valence-electron chi connectivity index (χ2n) is 7.84. The van der Waals surface area contributed by atoms with Crippen LogP contribution in [0.15, 0.2) is 57.9 Å². The zero-order valence-electron chi connectivity index (χ0n) is 16.7. The van der Waals surface area contributed by atoms with Gasteiger partial charge in [0.2, 0.25) is 0 Å². The van der Waals surface area contributed by atoms with Gasteiger partial charge in [0.1, 0.15) is 12.1 Å². The van der Waals surface area contributed by atoms with Gasteiger partial charge in [0, 0.05) is 40.5 Å². The molecule has 144 valence electrons. The summed E-state index contributed by atoms with van der Waals surface area (Å²) in [5, 5.41) is 4.61. The van der Waals surface area contributed by atoms with E-state index in [-0.39, 0.29) is 5.63 Å². The zero-order chi connectivity index (χ0) is 19.7. The maximum absolute atomic E-state index is 12.0. The van der Waals surface area contributed by atoms with Crippen molar-refractivity contribution in [3.63, 3.8) is 0 Å². The molecule has 0 aliphatic rings. The first kappa shape index (κ1) is 18.5. The fourth-order valence-electron chi connectivity index (χ4n) is 4.04. The molecule has 0 bridgehead atoms. The average molecular weight is 375 g/mol. The van der Waals surface area contributed by atoms with Gasteiger partial charge in [-0.05, 0) is 47.7 Å². The lowest BCUT2D eigenvalue weighted by molar-refractivity contribution is -0.669. The first-order chi connectivity index (χ1) is 13.5. The van der Waals surface area contributed by atoms with Crippen molar-refractivity contribution in [2.45, 2.75) is 39.7 Å². The number of aryl methyl sites for hydroxylation is 1. The SMILES string of the molecule is Cc1cc2oc(=O)cc(C[NH2+]CCc3c[nH]c4ccccc34)c2cc1C(C)C. The highest BCUT2D eigenvalue weighted by Gasteiger charge is 2.12. The monoisotopic (exact) mass is 375 g/mol. The first-order valence-electron chi connectivity index (χ1n) is 9.97. The van der Waals surface area contributed by atoms with Gasteiger partial charge in [-0.3, -0.25) is 0 Å². The van der Waals surface area contributed by atoms with Gasteiger partial charge in [-0.15, -0.1) is 0 Å². The Bertz CT molecular complexity index is 1180. The van der Waals surface area contributed by atoms with Gasteiger partial charge >= 0.3 is 5.63 Å². The van der Waals surface area contributed by atoms with E-state index < -0.39 is 0 Å². The van der Waals surface area contributed by atoms with E-state index in [4.69, 9.17) is 4.42 Å². The molecular formula is C24H27N2O2+. The van der Waals surface area contributed by atoms with Crippen LogP contribution in [0.1, 0.15) is 42.0 Å². The van der Waals surface area contributed by atoms with Gasteiger partial charge in [-0.1, -0.05) is 32.0 Å². The number of aromatic amines is 1. The number of fused-ring (bicyclic) bond motifs is 2. The zero-order valence-corrected chi connectivity index (χ0v) is 16.7. The molecule has 0 amide bonds. The molecule has 4 rings (SSSR count). The Kier molecular flexibility index (Phi) is 5.05. The lowest BCUT2D eigenvalue weighted by Crippen LogP contribution is -2.83. The summed E-state index contributed by atoms with van der Waals surface area (Å²) in [6, 6.07) is 14.2. The number of hydrogen-bond donors (Lipinski definition) is 2. The van der Waals surface area contributed by atoms with Crippen molar-refractivity contribution in [2.75, 3.05) is 6.54 Å². The molecule has 0 fully saturated rings. The van der Waals surface area contributed by atoms with Gasteiger partial charge in [-0.2, -0.15) is 0 Å². The molecule has 2 aromatic carbocycles. The largest absolute Gasteiger partial charge is 0.423 e. The summed E-state index contributed by atoms with van der Waals surface area (Å²) in [5.74, 6) is 0.440. The van der Waals surface area contributed by atoms with Crippen LogP contribution >= 0.6 is 0 Å². The van der Waals surface area contributed by atoms with Crippen molar-refractivity contribution in [1.82, 2.24) is 4.98 Å². The third kappa shape index (κ3) is 3.60. The summed E-state index contributed by atoms with van der Waals surface area (Å²) < 4.78 is 5.46. The molecule has 2 aromatic heterocycles. The molecule has 0 radical (unpaired) electrons. The van der Waals surface area contributed by atoms with Crippen LogP contribution in [0.3, 0.4) is 0 Å². The third-order valence-corrected chi connectivity index (χ3v) is 5.50. The number of quaternary nitrogens is 1. The van der Waals surface area contributed by atoms with Crippen LogP contribution in [0, 0.1) is 6.92 Å². The van der Waals surface area contributed by atoms with Gasteiger partial charge in [0.15, 0.2) is 0 Å². The Morgan fingerprint density at radius 1 is 1.07 bits per heavy atom. The average Bonchev–Trinajstić information content (AvgIpc) is 3.07. The van der Waals surface area contributed by atoms with Crippen LogP contribution in [0.25, 0.3) is 21.9 Å². The summed E-state index contributed by atoms with van der Waals surface area (Å²) in [7, 11) is 0. The Labute approximate surface area is 164 Å². The van der Waals surface area contributed by atoms with E-state index in [0.717, 1.165) is 30.5 Å². The molecule has 4 nitrogen and oxygen atoms in total. The quantitative estimate of drug-likeness (QED) is 0.395. The van der Waals surface area contributed by atoms with Gasteiger partial charge in [-0.25, -0.2) is 4.79 Å². The van der Waals surface area contributed by atoms with E-state index >= 15 is 0 Å². The van der Waals surface area contributed by atoms with Crippen LogP contribution in [0.4, 0.5) is 0 Å². The predicted molar refractivity (Wildman–Crippen MR) is 114 cm³/mol. The Morgan fingerprint density at radius 3 is 2.71 bits per heavy atom. The van der Waals surface area contributed by atoms with Crippen molar-refractivity contribution < 1.29 is 9.73 Å². The molecule has 4 heteroatoms. The predicted octanol–water partition coefficient (Wildman–Crippen LogP) is 4.01. The Hall–Kier alpha value is -2.85. The Morgan fingerprint density at radius 2 is 1.89 bits per heavy atom. The van der Waals surface area contributed by atoms with Crippen molar-refractivity contribution in [1.29, 1.82) is 0 Å². The Balaban J connectivity index is 1.52. The number of rotatable bonds is 6. The number of aromatic nitrogens is 1. The minimum atomic E-state index is -0.274. The van der Waals surface area contributed by atoms with Crippen LogP contribution in [-0.2, 0) is 13.0 Å². The molecule has 0 aliphatic carbocycles. The summed E-state index contributed by atoms with van der Waals surface area (Å²) in [5.41, 5.74) is 6.46.